The molecule has 5 atom stereocenters. The summed E-state index contributed by atoms with van der Waals surface area (Å²) in [5.41, 5.74) is 6.46. The van der Waals surface area contributed by atoms with Crippen LogP contribution in [-0.2, 0) is 25.7 Å². The number of unbranched alkanes of at least 4 members (excludes halogenated alkanes) is 23. The van der Waals surface area contributed by atoms with Crippen molar-refractivity contribution in [3.05, 3.63) is 35.9 Å². The minimum atomic E-state index is -1.74. The van der Waals surface area contributed by atoms with E-state index in [9.17, 15) is 29.7 Å². The van der Waals surface area contributed by atoms with Gasteiger partial charge in [0.1, 0.15) is 31.0 Å². The molecule has 0 spiro atoms. The van der Waals surface area contributed by atoms with Gasteiger partial charge in [0.25, 0.3) is 0 Å². The number of aliphatic hydroxyl groups is 3. The van der Waals surface area contributed by atoms with Crippen molar-refractivity contribution in [3.8, 4) is 0 Å². The number of nitrogens with zero attached hydrogens (tertiary/aromatic N) is 2. The van der Waals surface area contributed by atoms with E-state index in [0.717, 1.165) is 38.5 Å². The van der Waals surface area contributed by atoms with E-state index in [1.165, 1.54) is 114 Å². The van der Waals surface area contributed by atoms with Crippen molar-refractivity contribution < 1.29 is 39.2 Å². The Morgan fingerprint density at radius 2 is 1.11 bits per heavy atom. The first-order valence-electron chi connectivity index (χ1n) is 22.9. The van der Waals surface area contributed by atoms with Crippen LogP contribution in [-0.4, -0.2) is 93.3 Å². The summed E-state index contributed by atoms with van der Waals surface area (Å²) in [5, 5.41) is 32.7. The number of imide groups is 1. The molecule has 2 rings (SSSR count). The average molecular weight is 804 g/mol. The van der Waals surface area contributed by atoms with Gasteiger partial charge in [0, 0.05) is 13.0 Å². The molecule has 11 heteroatoms. The minimum Gasteiger partial charge on any atom is -0.444 e. The van der Waals surface area contributed by atoms with E-state index in [1.807, 2.05) is 6.07 Å². The number of ether oxygens (including phenoxy) is 2. The van der Waals surface area contributed by atoms with Crippen LogP contribution in [0.25, 0.3) is 0 Å². The monoisotopic (exact) mass is 804 g/mol. The number of benzene rings is 1. The molecule has 1 fully saturated rings. The number of rotatable bonds is 33. The first-order chi connectivity index (χ1) is 27.8. The molecule has 1 saturated heterocycles. The summed E-state index contributed by atoms with van der Waals surface area (Å²) in [4.78, 5) is 43.4. The van der Waals surface area contributed by atoms with E-state index in [0.29, 0.717) is 23.3 Å². The summed E-state index contributed by atoms with van der Waals surface area (Å²) in [7, 11) is 0. The fourth-order valence-electron chi connectivity index (χ4n) is 7.85. The number of carbonyl (C=O) groups is 3. The number of nitrogens with two attached hydrogens (primary N) is 1. The number of hydrogen-bond acceptors (Lipinski definition) is 9. The van der Waals surface area contributed by atoms with Crippen LogP contribution in [0.2, 0.25) is 0 Å². The highest BCUT2D eigenvalue weighted by Crippen LogP contribution is 2.30. The van der Waals surface area contributed by atoms with Gasteiger partial charge in [0.05, 0.1) is 13.2 Å². The predicted molar refractivity (Wildman–Crippen MR) is 227 cm³/mol. The Morgan fingerprint density at radius 3 is 1.56 bits per heavy atom. The van der Waals surface area contributed by atoms with Crippen LogP contribution in [0, 0.1) is 0 Å². The Kier molecular flexibility index (Phi) is 28.7. The SMILES string of the molecule is CCCCCCCCCCCCCCCCCC(=O)N(CCCCCCCCCCCC)[C@@H]1O[C@H](CO)[C@@H](O)[C@H](O)[C@H]1N(C(=O)CN)C(=O)OCc1ccccc1. The van der Waals surface area contributed by atoms with Crippen molar-refractivity contribution in [3.63, 3.8) is 0 Å². The molecule has 0 radical (unpaired) electrons. The lowest BCUT2D eigenvalue weighted by atomic mass is 9.93. The lowest BCUT2D eigenvalue weighted by Crippen LogP contribution is -2.70. The Morgan fingerprint density at radius 1 is 0.649 bits per heavy atom. The fourth-order valence-corrected chi connectivity index (χ4v) is 7.85. The number of hydrogen-bond donors (Lipinski definition) is 4. The molecule has 0 unspecified atom stereocenters. The molecule has 1 aromatic rings. The van der Waals surface area contributed by atoms with E-state index in [1.54, 1.807) is 24.3 Å². The molecule has 0 aliphatic carbocycles. The van der Waals surface area contributed by atoms with E-state index < -0.39 is 55.7 Å². The molecule has 11 nitrogen and oxygen atoms in total. The molecule has 5 N–H and O–H groups in total. The third-order valence-corrected chi connectivity index (χ3v) is 11.4. The van der Waals surface area contributed by atoms with Crippen molar-refractivity contribution in [1.29, 1.82) is 0 Å². The predicted octanol–water partition coefficient (Wildman–Crippen LogP) is 8.93. The van der Waals surface area contributed by atoms with Gasteiger partial charge in [-0.3, -0.25) is 9.59 Å². The van der Waals surface area contributed by atoms with E-state index in [4.69, 9.17) is 15.2 Å². The highest BCUT2D eigenvalue weighted by molar-refractivity contribution is 5.93. The van der Waals surface area contributed by atoms with E-state index in [2.05, 4.69) is 13.8 Å². The lowest BCUT2D eigenvalue weighted by molar-refractivity contribution is -0.244. The molecular formula is C46H81N3O8. The van der Waals surface area contributed by atoms with Crippen molar-refractivity contribution >= 4 is 17.9 Å². The smallest absolute Gasteiger partial charge is 0.417 e. The van der Waals surface area contributed by atoms with Crippen molar-refractivity contribution in [2.45, 2.75) is 218 Å². The Balaban J connectivity index is 2.08. The number of amides is 3. The van der Waals surface area contributed by atoms with Crippen molar-refractivity contribution in [2.24, 2.45) is 5.73 Å². The van der Waals surface area contributed by atoms with Crippen LogP contribution in [0.3, 0.4) is 0 Å². The summed E-state index contributed by atoms with van der Waals surface area (Å²) in [5.74, 6) is -1.08. The van der Waals surface area contributed by atoms with Crippen LogP contribution in [0.1, 0.15) is 186 Å². The van der Waals surface area contributed by atoms with Crippen LogP contribution in [0.15, 0.2) is 30.3 Å². The summed E-state index contributed by atoms with van der Waals surface area (Å²) in [6, 6.07) is 7.43. The second kappa shape index (κ2) is 32.3. The second-order valence-electron chi connectivity index (χ2n) is 16.2. The molecule has 1 aromatic carbocycles. The number of aliphatic hydroxyl groups excluding tert-OH is 3. The van der Waals surface area contributed by atoms with Gasteiger partial charge in [-0.25, -0.2) is 9.69 Å². The molecule has 328 valence electrons. The largest absolute Gasteiger partial charge is 0.444 e. The maximum Gasteiger partial charge on any atom is 0.417 e. The average Bonchev–Trinajstić information content (AvgIpc) is 3.22. The molecule has 1 aliphatic rings. The van der Waals surface area contributed by atoms with Gasteiger partial charge in [-0.05, 0) is 18.4 Å². The summed E-state index contributed by atoms with van der Waals surface area (Å²) < 4.78 is 11.7. The molecule has 57 heavy (non-hydrogen) atoms. The van der Waals surface area contributed by atoms with Gasteiger partial charge >= 0.3 is 6.09 Å². The van der Waals surface area contributed by atoms with E-state index >= 15 is 0 Å². The van der Waals surface area contributed by atoms with Gasteiger partial charge in [0.2, 0.25) is 11.8 Å². The number of carbonyl (C=O) groups excluding carboxylic acids is 3. The molecule has 0 saturated carbocycles. The zero-order valence-electron chi connectivity index (χ0n) is 35.8. The van der Waals surface area contributed by atoms with Gasteiger partial charge in [-0.2, -0.15) is 0 Å². The molecule has 0 aromatic heterocycles. The maximum absolute atomic E-state index is 14.1. The van der Waals surface area contributed by atoms with Crippen LogP contribution >= 0.6 is 0 Å². The normalized spacial score (nSPS) is 19.4. The summed E-state index contributed by atoms with van der Waals surface area (Å²) in [6.07, 6.45) is 22.4. The first kappa shape index (κ1) is 50.6. The Labute approximate surface area is 345 Å². The quantitative estimate of drug-likeness (QED) is 0.0508. The zero-order chi connectivity index (χ0) is 41.5. The fraction of sp³-hybridized carbons (Fsp3) is 0.804. The third kappa shape index (κ3) is 20.3. The molecule has 1 aliphatic heterocycles. The highest BCUT2D eigenvalue weighted by atomic mass is 16.6. The summed E-state index contributed by atoms with van der Waals surface area (Å²) >= 11 is 0. The van der Waals surface area contributed by atoms with Gasteiger partial charge < -0.3 is 35.4 Å². The highest BCUT2D eigenvalue weighted by Gasteiger charge is 2.53. The van der Waals surface area contributed by atoms with Crippen LogP contribution in [0.4, 0.5) is 4.79 Å². The third-order valence-electron chi connectivity index (χ3n) is 11.4. The lowest BCUT2D eigenvalue weighted by Gasteiger charge is -2.49. The molecule has 0 bridgehead atoms. The van der Waals surface area contributed by atoms with E-state index in [-0.39, 0.29) is 25.5 Å². The molecule has 1 heterocycles. The first-order valence-corrected chi connectivity index (χ1v) is 22.9. The topological polar surface area (TPSA) is 163 Å². The van der Waals surface area contributed by atoms with Gasteiger partial charge in [0.15, 0.2) is 6.23 Å². The van der Waals surface area contributed by atoms with Gasteiger partial charge in [-0.15, -0.1) is 0 Å². The van der Waals surface area contributed by atoms with Crippen molar-refractivity contribution in [1.82, 2.24) is 9.80 Å². The Bertz CT molecular complexity index is 1170. The minimum absolute atomic E-state index is 0.148. The Hall–Kier alpha value is -2.57. The molecule has 3 amide bonds. The summed E-state index contributed by atoms with van der Waals surface area (Å²) in [6.45, 7) is 3.37. The second-order valence-corrected chi connectivity index (χ2v) is 16.2. The van der Waals surface area contributed by atoms with Gasteiger partial charge in [-0.1, -0.05) is 192 Å². The van der Waals surface area contributed by atoms with Crippen LogP contribution in [0.5, 0.6) is 0 Å². The molecular weight excluding hydrogens is 723 g/mol. The zero-order valence-corrected chi connectivity index (χ0v) is 35.8. The maximum atomic E-state index is 14.1. The standard InChI is InChI=1S/C46H81N3O8/c1-3-5-7-9-11-13-15-16-17-18-19-20-22-24-29-33-40(51)48(34-30-25-23-21-14-12-10-8-6-4-2)45-42(44(54)43(53)39(36-50)57-45)49(41(52)35-47)46(55)56-37-38-31-27-26-28-32-38/h26-28,31-32,39,42-45,50,53-54H,3-25,29-30,33-37,47H2,1-2H3/t39-,42-,43-,44-,45-/m1/s1. The van der Waals surface area contributed by atoms with Crippen LogP contribution < -0.4 is 5.73 Å². The van der Waals surface area contributed by atoms with Crippen molar-refractivity contribution in [2.75, 3.05) is 19.7 Å².